The Morgan fingerprint density at radius 1 is 1.58 bits per heavy atom. The second kappa shape index (κ2) is 3.39. The molecule has 0 aromatic carbocycles. The number of carbonyl (C=O) groups is 1. The van der Waals surface area contributed by atoms with E-state index in [0.29, 0.717) is 0 Å². The van der Waals surface area contributed by atoms with Crippen LogP contribution in [0.1, 0.15) is 13.3 Å². The highest BCUT2D eigenvalue weighted by atomic mass is 16.6. The van der Waals surface area contributed by atoms with Crippen molar-refractivity contribution in [2.24, 2.45) is 0 Å². The smallest absolute Gasteiger partial charge is 0.331 e. The molecule has 0 amide bonds. The minimum atomic E-state index is -0.523. The fourth-order valence-corrected chi connectivity index (χ4v) is 1.10. The monoisotopic (exact) mass is 164 g/mol. The van der Waals surface area contributed by atoms with Gasteiger partial charge < -0.3 is 4.74 Å². The van der Waals surface area contributed by atoms with Gasteiger partial charge >= 0.3 is 5.97 Å². The molecule has 2 heteroatoms. The Kier molecular flexibility index (Phi) is 2.48. The summed E-state index contributed by atoms with van der Waals surface area (Å²) in [6, 6.07) is 0. The molecule has 0 atom stereocenters. The minimum absolute atomic E-state index is 0.381. The number of carbonyl (C=O) groups excluding carboxylic acids is 1. The Hall–Kier alpha value is -1.31. The van der Waals surface area contributed by atoms with E-state index in [0.717, 1.165) is 6.42 Å². The summed E-state index contributed by atoms with van der Waals surface area (Å²) < 4.78 is 5.17. The van der Waals surface area contributed by atoms with E-state index in [2.05, 4.69) is 6.58 Å². The van der Waals surface area contributed by atoms with Crippen LogP contribution < -0.4 is 0 Å². The second-order valence-electron chi connectivity index (χ2n) is 2.65. The number of hydrogen-bond acceptors (Lipinski definition) is 2. The molecule has 0 spiro atoms. The van der Waals surface area contributed by atoms with E-state index in [1.165, 1.54) is 6.08 Å². The van der Waals surface area contributed by atoms with Crippen LogP contribution in [0.5, 0.6) is 0 Å². The Morgan fingerprint density at radius 3 is 2.58 bits per heavy atom. The molecule has 2 nitrogen and oxygen atoms in total. The lowest BCUT2D eigenvalue weighted by Gasteiger charge is -2.22. The largest absolute Gasteiger partial charge is 0.447 e. The van der Waals surface area contributed by atoms with Gasteiger partial charge in [0.1, 0.15) is 5.60 Å². The van der Waals surface area contributed by atoms with Crippen molar-refractivity contribution in [2.45, 2.75) is 18.9 Å². The summed E-state index contributed by atoms with van der Waals surface area (Å²) in [5, 5.41) is 0. The molecule has 1 aliphatic carbocycles. The first-order valence-corrected chi connectivity index (χ1v) is 3.95. The molecular weight excluding hydrogens is 152 g/mol. The van der Waals surface area contributed by atoms with Crippen LogP contribution >= 0.6 is 0 Å². The zero-order valence-electron chi connectivity index (χ0n) is 7.12. The van der Waals surface area contributed by atoms with Crippen molar-refractivity contribution in [3.8, 4) is 0 Å². The third-order valence-electron chi connectivity index (χ3n) is 1.88. The first kappa shape index (κ1) is 8.78. The number of rotatable bonds is 3. The molecule has 0 aliphatic heterocycles. The molecule has 1 rings (SSSR count). The van der Waals surface area contributed by atoms with Gasteiger partial charge in [-0.1, -0.05) is 25.7 Å². The summed E-state index contributed by atoms with van der Waals surface area (Å²) in [4.78, 5) is 10.9. The third kappa shape index (κ3) is 1.64. The average Bonchev–Trinajstić information content (AvgIpc) is 2.54. The summed E-state index contributed by atoms with van der Waals surface area (Å²) >= 11 is 0. The van der Waals surface area contributed by atoms with Gasteiger partial charge in [-0.25, -0.2) is 4.79 Å². The van der Waals surface area contributed by atoms with Crippen LogP contribution in [0.15, 0.2) is 37.0 Å². The maximum atomic E-state index is 10.9. The van der Waals surface area contributed by atoms with E-state index in [1.54, 1.807) is 0 Å². The van der Waals surface area contributed by atoms with Crippen molar-refractivity contribution >= 4 is 5.97 Å². The molecule has 0 saturated heterocycles. The van der Waals surface area contributed by atoms with Crippen LogP contribution in [0.3, 0.4) is 0 Å². The minimum Gasteiger partial charge on any atom is -0.447 e. The highest BCUT2D eigenvalue weighted by Gasteiger charge is 2.27. The molecule has 0 unspecified atom stereocenters. The average molecular weight is 164 g/mol. The fourth-order valence-electron chi connectivity index (χ4n) is 1.10. The van der Waals surface area contributed by atoms with Gasteiger partial charge in [-0.3, -0.25) is 0 Å². The predicted octanol–water partition coefficient (Wildman–Crippen LogP) is 1.99. The van der Waals surface area contributed by atoms with Crippen molar-refractivity contribution in [3.05, 3.63) is 37.0 Å². The summed E-state index contributed by atoms with van der Waals surface area (Å²) in [5.74, 6) is -0.381. The molecule has 0 fully saturated rings. The van der Waals surface area contributed by atoms with E-state index in [4.69, 9.17) is 4.74 Å². The Balaban J connectivity index is 2.69. The standard InChI is InChI=1S/C10H12O2/c1-3-9(11)12-10(4-2)7-5-6-8-10/h3,5-8H,1,4H2,2H3. The van der Waals surface area contributed by atoms with Crippen LogP contribution in [0.4, 0.5) is 0 Å². The van der Waals surface area contributed by atoms with Crippen LogP contribution in [-0.2, 0) is 9.53 Å². The van der Waals surface area contributed by atoms with Crippen LogP contribution in [-0.4, -0.2) is 11.6 Å². The summed E-state index contributed by atoms with van der Waals surface area (Å²) in [6.07, 6.45) is 9.42. The van der Waals surface area contributed by atoms with Crippen molar-refractivity contribution in [2.75, 3.05) is 0 Å². The molecule has 0 N–H and O–H groups in total. The normalized spacial score (nSPS) is 17.8. The lowest BCUT2D eigenvalue weighted by atomic mass is 10.0. The number of ether oxygens (including phenoxy) is 1. The molecule has 0 aromatic heterocycles. The molecule has 1 aliphatic rings. The van der Waals surface area contributed by atoms with Crippen LogP contribution in [0.25, 0.3) is 0 Å². The molecule has 0 aromatic rings. The Morgan fingerprint density at radius 2 is 2.17 bits per heavy atom. The highest BCUT2D eigenvalue weighted by Crippen LogP contribution is 2.24. The first-order valence-electron chi connectivity index (χ1n) is 3.95. The van der Waals surface area contributed by atoms with E-state index >= 15 is 0 Å². The van der Waals surface area contributed by atoms with Crippen LogP contribution in [0, 0.1) is 0 Å². The van der Waals surface area contributed by atoms with E-state index in [1.807, 2.05) is 31.2 Å². The predicted molar refractivity (Wildman–Crippen MR) is 47.6 cm³/mol. The van der Waals surface area contributed by atoms with Crippen LogP contribution in [0.2, 0.25) is 0 Å². The maximum Gasteiger partial charge on any atom is 0.331 e. The molecule has 12 heavy (non-hydrogen) atoms. The molecule has 0 radical (unpaired) electrons. The number of esters is 1. The highest BCUT2D eigenvalue weighted by molar-refractivity contribution is 5.82. The van der Waals surface area contributed by atoms with Gasteiger partial charge in [0.05, 0.1) is 0 Å². The summed E-state index contributed by atoms with van der Waals surface area (Å²) in [6.45, 7) is 5.31. The SMILES string of the molecule is C=CC(=O)OC1(CC)C=CC=C1. The topological polar surface area (TPSA) is 26.3 Å². The lowest BCUT2D eigenvalue weighted by molar-refractivity contribution is -0.145. The number of allylic oxidation sites excluding steroid dienone is 2. The maximum absolute atomic E-state index is 10.9. The molecule has 0 heterocycles. The van der Waals surface area contributed by atoms with Gasteiger partial charge in [-0.15, -0.1) is 0 Å². The fraction of sp³-hybridized carbons (Fsp3) is 0.300. The first-order chi connectivity index (χ1) is 5.72. The zero-order chi connectivity index (χ0) is 9.03. The quantitative estimate of drug-likeness (QED) is 0.471. The van der Waals surface area contributed by atoms with Crippen molar-refractivity contribution < 1.29 is 9.53 Å². The van der Waals surface area contributed by atoms with Gasteiger partial charge in [0, 0.05) is 6.08 Å². The van der Waals surface area contributed by atoms with Gasteiger partial charge in [0.15, 0.2) is 0 Å². The molecular formula is C10H12O2. The van der Waals surface area contributed by atoms with Crippen molar-refractivity contribution in [3.63, 3.8) is 0 Å². The van der Waals surface area contributed by atoms with E-state index < -0.39 is 5.60 Å². The molecule has 0 saturated carbocycles. The van der Waals surface area contributed by atoms with Gasteiger partial charge in [-0.05, 0) is 18.6 Å². The Labute approximate surface area is 72.2 Å². The van der Waals surface area contributed by atoms with E-state index in [-0.39, 0.29) is 5.97 Å². The van der Waals surface area contributed by atoms with Gasteiger partial charge in [-0.2, -0.15) is 0 Å². The molecule has 64 valence electrons. The van der Waals surface area contributed by atoms with E-state index in [9.17, 15) is 4.79 Å². The summed E-state index contributed by atoms with van der Waals surface area (Å²) in [5.41, 5.74) is -0.523. The van der Waals surface area contributed by atoms with Gasteiger partial charge in [0.25, 0.3) is 0 Å². The van der Waals surface area contributed by atoms with Crippen molar-refractivity contribution in [1.82, 2.24) is 0 Å². The van der Waals surface area contributed by atoms with Crippen molar-refractivity contribution in [1.29, 1.82) is 0 Å². The van der Waals surface area contributed by atoms with Gasteiger partial charge in [0.2, 0.25) is 0 Å². The number of hydrogen-bond donors (Lipinski definition) is 0. The third-order valence-corrected chi connectivity index (χ3v) is 1.88. The zero-order valence-corrected chi connectivity index (χ0v) is 7.12. The Bertz CT molecular complexity index is 237. The lowest BCUT2D eigenvalue weighted by Crippen LogP contribution is -2.27. The molecule has 0 bridgehead atoms. The summed E-state index contributed by atoms with van der Waals surface area (Å²) in [7, 11) is 0. The second-order valence-corrected chi connectivity index (χ2v) is 2.65.